The van der Waals surface area contributed by atoms with E-state index in [1.54, 1.807) is 12.4 Å². The molecular formula is C15H17ClN4O2. The van der Waals surface area contributed by atoms with Gasteiger partial charge in [0.15, 0.2) is 6.29 Å². The zero-order valence-corrected chi connectivity index (χ0v) is 13.2. The van der Waals surface area contributed by atoms with Crippen molar-refractivity contribution < 1.29 is 9.84 Å². The third-order valence-electron chi connectivity index (χ3n) is 3.72. The second-order valence-electron chi connectivity index (χ2n) is 5.08. The van der Waals surface area contributed by atoms with E-state index in [4.69, 9.17) is 16.3 Å². The lowest BCUT2D eigenvalue weighted by molar-refractivity contribution is -0.0768. The van der Waals surface area contributed by atoms with E-state index < -0.39 is 6.29 Å². The second kappa shape index (κ2) is 6.08. The molecule has 22 heavy (non-hydrogen) atoms. The fraction of sp³-hybridized carbons (Fsp3) is 0.333. The third kappa shape index (κ3) is 2.61. The molecule has 7 heteroatoms. The Morgan fingerprint density at radius 1 is 1.41 bits per heavy atom. The molecular weight excluding hydrogens is 304 g/mol. The molecule has 3 rings (SSSR count). The molecule has 1 unspecified atom stereocenters. The van der Waals surface area contributed by atoms with Crippen molar-refractivity contribution in [2.45, 2.75) is 18.7 Å². The van der Waals surface area contributed by atoms with E-state index in [0.717, 1.165) is 22.6 Å². The molecule has 0 spiro atoms. The minimum atomic E-state index is -0.955. The highest BCUT2D eigenvalue weighted by Crippen LogP contribution is 2.23. The van der Waals surface area contributed by atoms with Crippen molar-refractivity contribution in [2.24, 2.45) is 7.05 Å². The zero-order chi connectivity index (χ0) is 15.7. The monoisotopic (exact) mass is 320 g/mol. The van der Waals surface area contributed by atoms with Crippen LogP contribution in [0.1, 0.15) is 23.4 Å². The van der Waals surface area contributed by atoms with Gasteiger partial charge < -0.3 is 19.0 Å². The molecule has 1 N–H and O–H groups in total. The highest BCUT2D eigenvalue weighted by molar-refractivity contribution is 6.16. The number of aliphatic hydroxyl groups is 1. The minimum absolute atomic E-state index is 0.314. The first kappa shape index (κ1) is 15.0. The molecule has 0 aliphatic carbocycles. The van der Waals surface area contributed by atoms with Gasteiger partial charge in [0.25, 0.3) is 0 Å². The van der Waals surface area contributed by atoms with Gasteiger partial charge in [-0.05, 0) is 12.1 Å². The SMILES string of the molecule is COC(O)c1ccc2nc(CCl)n(Cc3cncn3C)c2c1. The van der Waals surface area contributed by atoms with Crippen molar-refractivity contribution in [1.29, 1.82) is 0 Å². The number of aliphatic hydroxyl groups excluding tert-OH is 1. The summed E-state index contributed by atoms with van der Waals surface area (Å²) in [6.45, 7) is 0.613. The van der Waals surface area contributed by atoms with Crippen LogP contribution in [0.25, 0.3) is 11.0 Å². The Kier molecular flexibility index (Phi) is 4.15. The Morgan fingerprint density at radius 2 is 2.23 bits per heavy atom. The topological polar surface area (TPSA) is 65.1 Å². The van der Waals surface area contributed by atoms with E-state index >= 15 is 0 Å². The number of methoxy groups -OCH3 is 1. The lowest BCUT2D eigenvalue weighted by Crippen LogP contribution is -2.07. The highest BCUT2D eigenvalue weighted by Gasteiger charge is 2.14. The van der Waals surface area contributed by atoms with Crippen molar-refractivity contribution in [2.75, 3.05) is 7.11 Å². The molecule has 0 aliphatic rings. The van der Waals surface area contributed by atoms with Crippen molar-refractivity contribution in [3.05, 3.63) is 47.8 Å². The van der Waals surface area contributed by atoms with Crippen LogP contribution in [-0.2, 0) is 24.2 Å². The van der Waals surface area contributed by atoms with Gasteiger partial charge in [-0.15, -0.1) is 11.6 Å². The first-order valence-electron chi connectivity index (χ1n) is 6.85. The molecule has 6 nitrogen and oxygen atoms in total. The Bertz CT molecular complexity index is 796. The molecule has 0 aliphatic heterocycles. The summed E-state index contributed by atoms with van der Waals surface area (Å²) in [5.74, 6) is 1.09. The summed E-state index contributed by atoms with van der Waals surface area (Å²) in [5, 5.41) is 9.85. The average Bonchev–Trinajstić information content (AvgIpc) is 3.10. The Labute approximate surface area is 132 Å². The lowest BCUT2D eigenvalue weighted by Gasteiger charge is -2.11. The molecule has 2 heterocycles. The smallest absolute Gasteiger partial charge is 0.180 e. The van der Waals surface area contributed by atoms with Crippen molar-refractivity contribution >= 4 is 22.6 Å². The van der Waals surface area contributed by atoms with Gasteiger partial charge in [-0.1, -0.05) is 6.07 Å². The van der Waals surface area contributed by atoms with E-state index in [-0.39, 0.29) is 0 Å². The summed E-state index contributed by atoms with van der Waals surface area (Å²) in [7, 11) is 3.41. The van der Waals surface area contributed by atoms with Crippen LogP contribution in [0.3, 0.4) is 0 Å². The molecule has 0 radical (unpaired) electrons. The van der Waals surface area contributed by atoms with Crippen LogP contribution < -0.4 is 0 Å². The van der Waals surface area contributed by atoms with Gasteiger partial charge in [0, 0.05) is 25.9 Å². The second-order valence-corrected chi connectivity index (χ2v) is 5.35. The highest BCUT2D eigenvalue weighted by atomic mass is 35.5. The lowest BCUT2D eigenvalue weighted by atomic mass is 10.2. The predicted octanol–water partition coefficient (Wildman–Crippen LogP) is 2.19. The summed E-state index contributed by atoms with van der Waals surface area (Å²) >= 11 is 6.03. The van der Waals surface area contributed by atoms with Crippen molar-refractivity contribution in [3.63, 3.8) is 0 Å². The number of halogens is 1. The van der Waals surface area contributed by atoms with Gasteiger partial charge in [-0.2, -0.15) is 0 Å². The number of alkyl halides is 1. The van der Waals surface area contributed by atoms with E-state index in [0.29, 0.717) is 18.0 Å². The largest absolute Gasteiger partial charge is 0.364 e. The maximum Gasteiger partial charge on any atom is 0.180 e. The molecule has 2 aromatic heterocycles. The van der Waals surface area contributed by atoms with Crippen LogP contribution in [0.5, 0.6) is 0 Å². The van der Waals surface area contributed by atoms with Crippen molar-refractivity contribution in [3.8, 4) is 0 Å². The number of fused-ring (bicyclic) bond motifs is 1. The normalized spacial score (nSPS) is 12.9. The summed E-state index contributed by atoms with van der Waals surface area (Å²) in [4.78, 5) is 8.68. The number of nitrogens with zero attached hydrogens (tertiary/aromatic N) is 4. The Balaban J connectivity index is 2.11. The number of ether oxygens (including phenoxy) is 1. The van der Waals surface area contributed by atoms with Crippen LogP contribution in [0.15, 0.2) is 30.7 Å². The summed E-state index contributed by atoms with van der Waals surface area (Å²) in [6.07, 6.45) is 2.62. The van der Waals surface area contributed by atoms with E-state index in [1.807, 2.05) is 34.5 Å². The number of aryl methyl sites for hydroxylation is 1. The van der Waals surface area contributed by atoms with Gasteiger partial charge in [-0.3, -0.25) is 0 Å². The van der Waals surface area contributed by atoms with Gasteiger partial charge >= 0.3 is 0 Å². The van der Waals surface area contributed by atoms with E-state index in [9.17, 15) is 5.11 Å². The molecule has 0 bridgehead atoms. The van der Waals surface area contributed by atoms with E-state index in [2.05, 4.69) is 9.97 Å². The maximum atomic E-state index is 9.85. The standard InChI is InChI=1S/C15H17ClN4O2/c1-19-9-17-7-11(19)8-20-13-5-10(15(21)22-2)3-4-12(13)18-14(20)6-16/h3-5,7,9,15,21H,6,8H2,1-2H3. The molecule has 0 saturated heterocycles. The predicted molar refractivity (Wildman–Crippen MR) is 83.6 cm³/mol. The van der Waals surface area contributed by atoms with Gasteiger partial charge in [0.05, 0.1) is 35.5 Å². The first-order chi connectivity index (χ1) is 10.6. The van der Waals surface area contributed by atoms with Crippen LogP contribution in [0.2, 0.25) is 0 Å². The number of hydrogen-bond acceptors (Lipinski definition) is 4. The summed E-state index contributed by atoms with van der Waals surface area (Å²) < 4.78 is 8.96. The van der Waals surface area contributed by atoms with Crippen LogP contribution in [0.4, 0.5) is 0 Å². The molecule has 0 saturated carbocycles. The van der Waals surface area contributed by atoms with Gasteiger partial charge in [0.1, 0.15) is 5.82 Å². The number of imidazole rings is 2. The molecule has 0 fully saturated rings. The zero-order valence-electron chi connectivity index (χ0n) is 12.4. The molecule has 1 atom stereocenters. The quantitative estimate of drug-likeness (QED) is 0.578. The Hall–Kier alpha value is -1.89. The number of aromatic nitrogens is 4. The molecule has 116 valence electrons. The first-order valence-corrected chi connectivity index (χ1v) is 7.38. The molecule has 0 amide bonds. The van der Waals surface area contributed by atoms with Gasteiger partial charge in [0.2, 0.25) is 0 Å². The molecule has 3 aromatic rings. The minimum Gasteiger partial charge on any atom is -0.364 e. The number of hydrogen-bond donors (Lipinski definition) is 1. The van der Waals surface area contributed by atoms with Crippen molar-refractivity contribution in [1.82, 2.24) is 19.1 Å². The number of benzene rings is 1. The molecule has 1 aromatic carbocycles. The van der Waals surface area contributed by atoms with E-state index in [1.165, 1.54) is 7.11 Å². The fourth-order valence-electron chi connectivity index (χ4n) is 2.46. The third-order valence-corrected chi connectivity index (χ3v) is 3.95. The van der Waals surface area contributed by atoms with Gasteiger partial charge in [-0.25, -0.2) is 9.97 Å². The summed E-state index contributed by atoms with van der Waals surface area (Å²) in [5.41, 5.74) is 3.47. The van der Waals surface area contributed by atoms with Crippen LogP contribution >= 0.6 is 11.6 Å². The average molecular weight is 321 g/mol. The van der Waals surface area contributed by atoms with Crippen LogP contribution in [-0.4, -0.2) is 31.3 Å². The maximum absolute atomic E-state index is 9.85. The number of rotatable bonds is 5. The summed E-state index contributed by atoms with van der Waals surface area (Å²) in [6, 6.07) is 5.54. The fourth-order valence-corrected chi connectivity index (χ4v) is 2.66. The van der Waals surface area contributed by atoms with Crippen LogP contribution in [0, 0.1) is 0 Å². The Morgan fingerprint density at radius 3 is 2.86 bits per heavy atom.